The lowest BCUT2D eigenvalue weighted by atomic mass is 10.3. The third-order valence-electron chi connectivity index (χ3n) is 5.13. The topological polar surface area (TPSA) is 102 Å². The Bertz CT molecular complexity index is 1180. The van der Waals surface area contributed by atoms with Crippen LogP contribution in [0.5, 0.6) is 5.75 Å². The Morgan fingerprint density at radius 1 is 1.09 bits per heavy atom. The number of pyridine rings is 1. The van der Waals surface area contributed by atoms with E-state index in [1.807, 2.05) is 24.3 Å². The normalized spacial score (nSPS) is 14.1. The highest BCUT2D eigenvalue weighted by molar-refractivity contribution is 7.70. The standard InChI is InChI=1S/C22H26ClN6O3P/c1-31-19-17(8-9-24-21(19)29-10-12-32-13-11-29)27-22-25-14-15(23)20(28-22)26-16-6-4-5-7-18(16)33(2,3)30/h4-9,14H,10-13H2,1-3H3,(H2,24,25,26,27,28). The van der Waals surface area contributed by atoms with Crippen molar-refractivity contribution in [3.8, 4) is 5.75 Å². The van der Waals surface area contributed by atoms with E-state index in [4.69, 9.17) is 21.1 Å². The molecule has 2 N–H and O–H groups in total. The molecule has 3 heterocycles. The van der Waals surface area contributed by atoms with Crippen molar-refractivity contribution < 1.29 is 14.0 Å². The molecule has 1 saturated heterocycles. The number of rotatable bonds is 7. The molecule has 9 nitrogen and oxygen atoms in total. The Balaban J connectivity index is 1.63. The molecule has 1 aliphatic rings. The molecule has 0 aliphatic carbocycles. The smallest absolute Gasteiger partial charge is 0.229 e. The summed E-state index contributed by atoms with van der Waals surface area (Å²) >= 11 is 6.36. The molecule has 11 heteroatoms. The van der Waals surface area contributed by atoms with Gasteiger partial charge in [-0.25, -0.2) is 9.97 Å². The van der Waals surface area contributed by atoms with Crippen molar-refractivity contribution in [2.24, 2.45) is 0 Å². The lowest BCUT2D eigenvalue weighted by Gasteiger charge is -2.29. The van der Waals surface area contributed by atoms with Gasteiger partial charge in [-0.05, 0) is 31.5 Å². The Morgan fingerprint density at radius 2 is 1.85 bits per heavy atom. The highest BCUT2D eigenvalue weighted by Gasteiger charge is 2.21. The first-order valence-corrected chi connectivity index (χ1v) is 13.4. The number of ether oxygens (including phenoxy) is 2. The number of methoxy groups -OCH3 is 1. The van der Waals surface area contributed by atoms with Crippen molar-refractivity contribution in [3.05, 3.63) is 47.7 Å². The SMILES string of the molecule is COc1c(Nc2ncc(Cl)c(Nc3ccccc3P(C)(C)=O)n2)ccnc1N1CCOCC1. The second-order valence-corrected chi connectivity index (χ2v) is 11.4. The fourth-order valence-electron chi connectivity index (χ4n) is 3.55. The van der Waals surface area contributed by atoms with Crippen LogP contribution in [0.25, 0.3) is 0 Å². The Morgan fingerprint density at radius 3 is 2.58 bits per heavy atom. The van der Waals surface area contributed by atoms with E-state index in [0.717, 1.165) is 24.2 Å². The molecule has 2 aromatic heterocycles. The van der Waals surface area contributed by atoms with Crippen LogP contribution in [0.1, 0.15) is 0 Å². The predicted octanol–water partition coefficient (Wildman–Crippen LogP) is 4.11. The number of hydrogen-bond acceptors (Lipinski definition) is 9. The number of hydrogen-bond donors (Lipinski definition) is 2. The van der Waals surface area contributed by atoms with E-state index in [9.17, 15) is 4.57 Å². The molecule has 33 heavy (non-hydrogen) atoms. The van der Waals surface area contributed by atoms with E-state index in [1.54, 1.807) is 32.7 Å². The van der Waals surface area contributed by atoms with Gasteiger partial charge in [-0.1, -0.05) is 23.7 Å². The molecule has 0 amide bonds. The molecule has 1 aromatic carbocycles. The minimum atomic E-state index is -2.51. The molecule has 0 unspecified atom stereocenters. The number of benzene rings is 1. The van der Waals surface area contributed by atoms with E-state index in [1.165, 1.54) is 6.20 Å². The molecule has 1 fully saturated rings. The monoisotopic (exact) mass is 488 g/mol. The second-order valence-electron chi connectivity index (χ2n) is 7.82. The van der Waals surface area contributed by atoms with Crippen LogP contribution in [0, 0.1) is 0 Å². The number of nitrogens with one attached hydrogen (secondary N) is 2. The fraction of sp³-hybridized carbons (Fsp3) is 0.318. The van der Waals surface area contributed by atoms with Crippen LogP contribution in [0.3, 0.4) is 0 Å². The van der Waals surface area contributed by atoms with Gasteiger partial charge in [0.25, 0.3) is 0 Å². The first kappa shape index (κ1) is 23.3. The molecular weight excluding hydrogens is 463 g/mol. The largest absolute Gasteiger partial charge is 0.491 e. The number of halogens is 1. The quantitative estimate of drug-likeness (QED) is 0.476. The van der Waals surface area contributed by atoms with Crippen LogP contribution in [-0.4, -0.2) is 61.7 Å². The Hall–Kier alpha value is -2.87. The van der Waals surface area contributed by atoms with E-state index >= 15 is 0 Å². The molecule has 174 valence electrons. The fourth-order valence-corrected chi connectivity index (χ4v) is 4.84. The number of nitrogens with zero attached hydrogens (tertiary/aromatic N) is 4. The van der Waals surface area contributed by atoms with E-state index in [-0.39, 0.29) is 0 Å². The van der Waals surface area contributed by atoms with E-state index < -0.39 is 7.14 Å². The third kappa shape index (κ3) is 5.38. The number of aromatic nitrogens is 3. The summed E-state index contributed by atoms with van der Waals surface area (Å²) in [7, 11) is -0.902. The summed E-state index contributed by atoms with van der Waals surface area (Å²) in [5.41, 5.74) is 1.36. The highest BCUT2D eigenvalue weighted by Crippen LogP contribution is 2.39. The maximum atomic E-state index is 12.7. The van der Waals surface area contributed by atoms with Gasteiger partial charge in [-0.3, -0.25) is 0 Å². The van der Waals surface area contributed by atoms with Gasteiger partial charge in [0.15, 0.2) is 17.4 Å². The average Bonchev–Trinajstić information content (AvgIpc) is 2.81. The van der Waals surface area contributed by atoms with Crippen molar-refractivity contribution >= 4 is 53.0 Å². The third-order valence-corrected chi connectivity index (χ3v) is 6.96. The number of anilines is 5. The Kier molecular flexibility index (Phi) is 7.02. The predicted molar refractivity (Wildman–Crippen MR) is 133 cm³/mol. The summed E-state index contributed by atoms with van der Waals surface area (Å²) in [5.74, 6) is 2.05. The molecule has 0 saturated carbocycles. The average molecular weight is 489 g/mol. The zero-order chi connectivity index (χ0) is 23.4. The zero-order valence-electron chi connectivity index (χ0n) is 18.7. The van der Waals surface area contributed by atoms with Crippen LogP contribution in [0.2, 0.25) is 5.02 Å². The van der Waals surface area contributed by atoms with Crippen LogP contribution in [0.4, 0.5) is 29.0 Å². The maximum Gasteiger partial charge on any atom is 0.229 e. The number of morpholine rings is 1. The van der Waals surface area contributed by atoms with Gasteiger partial charge in [-0.2, -0.15) is 4.98 Å². The first-order chi connectivity index (χ1) is 15.9. The van der Waals surface area contributed by atoms with Crippen LogP contribution < -0.4 is 25.6 Å². The lowest BCUT2D eigenvalue weighted by molar-refractivity contribution is 0.122. The van der Waals surface area contributed by atoms with Crippen molar-refractivity contribution in [2.45, 2.75) is 0 Å². The summed E-state index contributed by atoms with van der Waals surface area (Å²) < 4.78 is 23.8. The van der Waals surface area contributed by atoms with Crippen molar-refractivity contribution in [2.75, 3.05) is 62.3 Å². The summed E-state index contributed by atoms with van der Waals surface area (Å²) in [6.45, 7) is 6.20. The molecule has 0 radical (unpaired) electrons. The van der Waals surface area contributed by atoms with Crippen molar-refractivity contribution in [1.29, 1.82) is 0 Å². The first-order valence-electron chi connectivity index (χ1n) is 10.4. The molecule has 0 atom stereocenters. The van der Waals surface area contributed by atoms with Crippen molar-refractivity contribution in [1.82, 2.24) is 15.0 Å². The summed E-state index contributed by atoms with van der Waals surface area (Å²) in [5, 5.41) is 7.47. The lowest BCUT2D eigenvalue weighted by Crippen LogP contribution is -2.37. The minimum Gasteiger partial charge on any atom is -0.491 e. The molecular formula is C22H26ClN6O3P. The number of para-hydroxylation sites is 1. The maximum absolute atomic E-state index is 12.7. The molecule has 4 rings (SSSR count). The van der Waals surface area contributed by atoms with E-state index in [0.29, 0.717) is 47.1 Å². The summed E-state index contributed by atoms with van der Waals surface area (Å²) in [6, 6.07) is 9.21. The summed E-state index contributed by atoms with van der Waals surface area (Å²) in [4.78, 5) is 15.5. The van der Waals surface area contributed by atoms with Crippen LogP contribution >= 0.6 is 18.7 Å². The molecule has 0 spiro atoms. The Labute approximate surface area is 197 Å². The van der Waals surface area contributed by atoms with Crippen LogP contribution in [-0.2, 0) is 9.30 Å². The molecule has 3 aromatic rings. The van der Waals surface area contributed by atoms with Crippen LogP contribution in [0.15, 0.2) is 42.7 Å². The van der Waals surface area contributed by atoms with Gasteiger partial charge in [0, 0.05) is 24.6 Å². The summed E-state index contributed by atoms with van der Waals surface area (Å²) in [6.07, 6.45) is 3.22. The van der Waals surface area contributed by atoms with Crippen molar-refractivity contribution in [3.63, 3.8) is 0 Å². The van der Waals surface area contributed by atoms with Gasteiger partial charge in [0.05, 0.1) is 37.9 Å². The minimum absolute atomic E-state index is 0.327. The zero-order valence-corrected chi connectivity index (χ0v) is 20.4. The van der Waals surface area contributed by atoms with Gasteiger partial charge >= 0.3 is 0 Å². The molecule has 0 bridgehead atoms. The van der Waals surface area contributed by atoms with Gasteiger partial charge < -0.3 is 29.6 Å². The van der Waals surface area contributed by atoms with Gasteiger partial charge in [0.2, 0.25) is 5.95 Å². The van der Waals surface area contributed by atoms with Gasteiger partial charge in [-0.15, -0.1) is 0 Å². The second kappa shape index (κ2) is 9.95. The van der Waals surface area contributed by atoms with E-state index in [2.05, 4.69) is 30.5 Å². The highest BCUT2D eigenvalue weighted by atomic mass is 35.5. The molecule has 1 aliphatic heterocycles. The van der Waals surface area contributed by atoms with Gasteiger partial charge in [0.1, 0.15) is 12.2 Å².